The Morgan fingerprint density at radius 2 is 1.83 bits per heavy atom. The Hall–Kier alpha value is -2.28. The lowest BCUT2D eigenvalue weighted by molar-refractivity contribution is -1.02. The number of amides is 1. The largest absolute Gasteiger partial charge is 0.454 e. The predicted octanol–water partition coefficient (Wildman–Crippen LogP) is 0.230. The lowest BCUT2D eigenvalue weighted by atomic mass is 10.1. The van der Waals surface area contributed by atoms with Crippen LogP contribution in [-0.2, 0) is 11.3 Å². The molecule has 2 aromatic rings. The molecule has 0 unspecified atom stereocenters. The molecule has 0 spiro atoms. The highest BCUT2D eigenvalue weighted by molar-refractivity contribution is 6.30. The summed E-state index contributed by atoms with van der Waals surface area (Å²) >= 11 is 6.05. The molecule has 29 heavy (non-hydrogen) atoms. The summed E-state index contributed by atoms with van der Waals surface area (Å²) in [7, 11) is 0. The van der Waals surface area contributed by atoms with E-state index in [1.807, 2.05) is 37.3 Å². The molecule has 154 valence electrons. The third kappa shape index (κ3) is 5.21. The second-order valence-corrected chi connectivity index (χ2v) is 8.32. The second-order valence-electron chi connectivity index (χ2n) is 7.89. The molecule has 2 heterocycles. The number of nitrogens with one attached hydrogen (secondary N) is 3. The van der Waals surface area contributed by atoms with Crippen LogP contribution in [0, 0.1) is 0 Å². The van der Waals surface area contributed by atoms with E-state index in [-0.39, 0.29) is 11.9 Å². The first kappa shape index (κ1) is 20.0. The van der Waals surface area contributed by atoms with Crippen LogP contribution in [0.5, 0.6) is 11.5 Å². The first-order chi connectivity index (χ1) is 14.1. The van der Waals surface area contributed by atoms with Crippen molar-refractivity contribution >= 4 is 17.5 Å². The van der Waals surface area contributed by atoms with Crippen molar-refractivity contribution in [2.24, 2.45) is 0 Å². The van der Waals surface area contributed by atoms with Gasteiger partial charge >= 0.3 is 0 Å². The summed E-state index contributed by atoms with van der Waals surface area (Å²) in [5, 5.41) is 3.79. The summed E-state index contributed by atoms with van der Waals surface area (Å²) in [6.07, 6.45) is 0. The van der Waals surface area contributed by atoms with E-state index in [0.717, 1.165) is 49.8 Å². The van der Waals surface area contributed by atoms with Crippen LogP contribution in [0.15, 0.2) is 42.5 Å². The predicted molar refractivity (Wildman–Crippen MR) is 111 cm³/mol. The van der Waals surface area contributed by atoms with Crippen LogP contribution >= 0.6 is 11.6 Å². The van der Waals surface area contributed by atoms with Crippen LogP contribution in [-0.4, -0.2) is 45.4 Å². The Morgan fingerprint density at radius 1 is 1.07 bits per heavy atom. The van der Waals surface area contributed by atoms with Gasteiger partial charge in [0, 0.05) is 10.6 Å². The van der Waals surface area contributed by atoms with Gasteiger partial charge in [0.15, 0.2) is 18.0 Å². The number of quaternary nitrogens is 2. The van der Waals surface area contributed by atoms with E-state index in [0.29, 0.717) is 18.4 Å². The molecule has 0 saturated carbocycles. The maximum atomic E-state index is 12.5. The number of halogens is 1. The number of ether oxygens (including phenoxy) is 2. The standard InChI is InChI=1S/C22H26ClN3O3/c1-16(18-3-2-4-19(23)12-18)24-22(27)14-26-9-7-25(8-10-26)13-17-5-6-20-21(11-17)29-15-28-20/h2-6,11-12,16H,7-10,13-15H2,1H3,(H,24,27)/p+2/t16-/m0/s1. The lowest BCUT2D eigenvalue weighted by Gasteiger charge is -2.29. The smallest absolute Gasteiger partial charge is 0.275 e. The van der Waals surface area contributed by atoms with Crippen molar-refractivity contribution in [1.29, 1.82) is 0 Å². The number of benzene rings is 2. The third-order valence-electron chi connectivity index (χ3n) is 5.69. The van der Waals surface area contributed by atoms with Gasteiger partial charge in [0.1, 0.15) is 32.7 Å². The van der Waals surface area contributed by atoms with Crippen molar-refractivity contribution in [3.63, 3.8) is 0 Å². The minimum absolute atomic E-state index is 0.0430. The van der Waals surface area contributed by atoms with Gasteiger partial charge in [-0.05, 0) is 42.8 Å². The lowest BCUT2D eigenvalue weighted by Crippen LogP contribution is -3.28. The molecule has 7 heteroatoms. The van der Waals surface area contributed by atoms with Crippen molar-refractivity contribution in [3.05, 3.63) is 58.6 Å². The van der Waals surface area contributed by atoms with Crippen LogP contribution < -0.4 is 24.6 Å². The van der Waals surface area contributed by atoms with Gasteiger partial charge < -0.3 is 24.6 Å². The minimum atomic E-state index is -0.0430. The molecule has 0 radical (unpaired) electrons. The Bertz CT molecular complexity index is 868. The monoisotopic (exact) mass is 417 g/mol. The van der Waals surface area contributed by atoms with Crippen molar-refractivity contribution in [2.75, 3.05) is 39.5 Å². The molecule has 1 fully saturated rings. The normalized spacial score (nSPS) is 21.6. The maximum Gasteiger partial charge on any atom is 0.275 e. The van der Waals surface area contributed by atoms with Crippen molar-refractivity contribution in [1.82, 2.24) is 5.32 Å². The fourth-order valence-electron chi connectivity index (χ4n) is 4.03. The van der Waals surface area contributed by atoms with Gasteiger partial charge in [0.05, 0.1) is 6.04 Å². The van der Waals surface area contributed by atoms with Gasteiger partial charge in [0.2, 0.25) is 6.79 Å². The molecule has 1 amide bonds. The molecule has 2 aliphatic heterocycles. The Morgan fingerprint density at radius 3 is 2.62 bits per heavy atom. The zero-order valence-corrected chi connectivity index (χ0v) is 17.4. The topological polar surface area (TPSA) is 56.4 Å². The summed E-state index contributed by atoms with van der Waals surface area (Å²) in [5.41, 5.74) is 2.29. The van der Waals surface area contributed by atoms with Crippen LogP contribution in [0.3, 0.4) is 0 Å². The molecule has 0 bridgehead atoms. The molecule has 3 N–H and O–H groups in total. The van der Waals surface area contributed by atoms with Crippen LogP contribution in [0.4, 0.5) is 0 Å². The van der Waals surface area contributed by atoms with Gasteiger partial charge in [-0.1, -0.05) is 23.7 Å². The zero-order chi connectivity index (χ0) is 20.2. The average molecular weight is 418 g/mol. The summed E-state index contributed by atoms with van der Waals surface area (Å²) in [4.78, 5) is 15.3. The van der Waals surface area contributed by atoms with E-state index in [2.05, 4.69) is 17.4 Å². The van der Waals surface area contributed by atoms with Gasteiger partial charge in [-0.3, -0.25) is 4.79 Å². The van der Waals surface area contributed by atoms with E-state index in [1.54, 1.807) is 4.90 Å². The molecule has 4 rings (SSSR count). The van der Waals surface area contributed by atoms with Gasteiger partial charge in [-0.2, -0.15) is 0 Å². The maximum absolute atomic E-state index is 12.5. The molecule has 2 aromatic carbocycles. The second kappa shape index (κ2) is 9.03. The Balaban J connectivity index is 1.22. The molecule has 1 saturated heterocycles. The highest BCUT2D eigenvalue weighted by Crippen LogP contribution is 2.32. The third-order valence-corrected chi connectivity index (χ3v) is 5.93. The number of fused-ring (bicyclic) bond motifs is 1. The molecule has 0 aromatic heterocycles. The molecule has 0 aliphatic carbocycles. The van der Waals surface area contributed by atoms with E-state index in [4.69, 9.17) is 21.1 Å². The van der Waals surface area contributed by atoms with Crippen molar-refractivity contribution in [2.45, 2.75) is 19.5 Å². The van der Waals surface area contributed by atoms with E-state index < -0.39 is 0 Å². The van der Waals surface area contributed by atoms with Crippen molar-refractivity contribution in [3.8, 4) is 11.5 Å². The van der Waals surface area contributed by atoms with Gasteiger partial charge in [-0.25, -0.2) is 0 Å². The number of rotatable bonds is 6. The summed E-state index contributed by atoms with van der Waals surface area (Å²) in [5.74, 6) is 1.76. The number of piperazine rings is 1. The fraction of sp³-hybridized carbons (Fsp3) is 0.409. The van der Waals surface area contributed by atoms with E-state index in [9.17, 15) is 4.79 Å². The highest BCUT2D eigenvalue weighted by Gasteiger charge is 2.26. The van der Waals surface area contributed by atoms with E-state index >= 15 is 0 Å². The number of hydrogen-bond donors (Lipinski definition) is 3. The van der Waals surface area contributed by atoms with Gasteiger partial charge in [-0.15, -0.1) is 0 Å². The van der Waals surface area contributed by atoms with Crippen molar-refractivity contribution < 1.29 is 24.1 Å². The molecule has 6 nitrogen and oxygen atoms in total. The van der Waals surface area contributed by atoms with Crippen LogP contribution in [0.2, 0.25) is 5.02 Å². The molecule has 2 aliphatic rings. The van der Waals surface area contributed by atoms with Gasteiger partial charge in [0.25, 0.3) is 5.91 Å². The summed E-state index contributed by atoms with van der Waals surface area (Å²) < 4.78 is 10.9. The quantitative estimate of drug-likeness (QED) is 0.630. The summed E-state index contributed by atoms with van der Waals surface area (Å²) in [6, 6.07) is 13.8. The Kier molecular flexibility index (Phi) is 6.23. The average Bonchev–Trinajstić information content (AvgIpc) is 3.17. The number of carbonyl (C=O) groups is 1. The van der Waals surface area contributed by atoms with Crippen LogP contribution in [0.1, 0.15) is 24.1 Å². The zero-order valence-electron chi connectivity index (χ0n) is 16.7. The number of hydrogen-bond acceptors (Lipinski definition) is 3. The number of carbonyl (C=O) groups excluding carboxylic acids is 1. The van der Waals surface area contributed by atoms with E-state index in [1.165, 1.54) is 10.5 Å². The minimum Gasteiger partial charge on any atom is -0.454 e. The SMILES string of the molecule is C[C@H](NC(=O)C[NH+]1CC[NH+](Cc2ccc3c(c2)OCO3)CC1)c1cccc(Cl)c1. The first-order valence-electron chi connectivity index (χ1n) is 10.2. The Labute approximate surface area is 176 Å². The highest BCUT2D eigenvalue weighted by atomic mass is 35.5. The molecular weight excluding hydrogens is 390 g/mol. The molecule has 1 atom stereocenters. The fourth-order valence-corrected chi connectivity index (χ4v) is 4.23. The first-order valence-corrected chi connectivity index (χ1v) is 10.5. The molecular formula is C22H28ClN3O3+2. The summed E-state index contributed by atoms with van der Waals surface area (Å²) in [6.45, 7) is 7.90. The van der Waals surface area contributed by atoms with Crippen LogP contribution in [0.25, 0.3) is 0 Å².